The van der Waals surface area contributed by atoms with E-state index in [4.69, 9.17) is 0 Å². The number of fused-ring (bicyclic) bond motifs is 2. The molecule has 2 aromatic carbocycles. The monoisotopic (exact) mass is 370 g/mol. The van der Waals surface area contributed by atoms with Gasteiger partial charge in [-0.25, -0.2) is 8.42 Å². The fourth-order valence-corrected chi connectivity index (χ4v) is 5.55. The second-order valence-corrected chi connectivity index (χ2v) is 9.44. The van der Waals surface area contributed by atoms with Crippen molar-refractivity contribution in [2.45, 2.75) is 30.7 Å². The van der Waals surface area contributed by atoms with E-state index in [-0.39, 0.29) is 29.7 Å². The third-order valence-electron chi connectivity index (χ3n) is 5.51. The summed E-state index contributed by atoms with van der Waals surface area (Å²) in [7, 11) is -3.62. The van der Waals surface area contributed by atoms with Gasteiger partial charge < -0.3 is 5.32 Å². The summed E-state index contributed by atoms with van der Waals surface area (Å²) in [6.45, 7) is 4.36. The topological polar surface area (TPSA) is 66.5 Å². The van der Waals surface area contributed by atoms with Crippen LogP contribution in [-0.4, -0.2) is 37.1 Å². The Hall–Kier alpha value is -2.18. The molecule has 0 unspecified atom stereocenters. The van der Waals surface area contributed by atoms with Crippen molar-refractivity contribution in [3.05, 3.63) is 59.7 Å². The predicted molar refractivity (Wildman–Crippen MR) is 101 cm³/mol. The van der Waals surface area contributed by atoms with Gasteiger partial charge in [-0.2, -0.15) is 4.31 Å². The van der Waals surface area contributed by atoms with E-state index in [1.54, 1.807) is 24.3 Å². The molecule has 6 heteroatoms. The Morgan fingerprint density at radius 2 is 1.81 bits per heavy atom. The molecular formula is C20H22N2O3S. The molecule has 136 valence electrons. The highest BCUT2D eigenvalue weighted by molar-refractivity contribution is 7.89. The summed E-state index contributed by atoms with van der Waals surface area (Å²) in [6, 6.07) is 14.6. The van der Waals surface area contributed by atoms with Gasteiger partial charge in [0.05, 0.1) is 16.4 Å². The number of benzene rings is 2. The lowest BCUT2D eigenvalue weighted by atomic mass is 9.85. The van der Waals surface area contributed by atoms with Gasteiger partial charge in [0.15, 0.2) is 0 Å². The van der Waals surface area contributed by atoms with E-state index in [1.165, 1.54) is 4.31 Å². The van der Waals surface area contributed by atoms with Crippen LogP contribution in [0.3, 0.4) is 0 Å². The van der Waals surface area contributed by atoms with E-state index < -0.39 is 15.6 Å². The Balaban J connectivity index is 1.69. The average Bonchev–Trinajstić information content (AvgIpc) is 2.90. The zero-order valence-electron chi connectivity index (χ0n) is 14.9. The molecule has 2 aliphatic heterocycles. The molecular weight excluding hydrogens is 348 g/mol. The third-order valence-corrected chi connectivity index (χ3v) is 7.34. The molecule has 2 aliphatic rings. The van der Waals surface area contributed by atoms with Crippen LogP contribution in [0.1, 0.15) is 18.1 Å². The average molecular weight is 370 g/mol. The van der Waals surface area contributed by atoms with Crippen molar-refractivity contribution in [1.82, 2.24) is 4.31 Å². The fraction of sp³-hybridized carbons (Fsp3) is 0.350. The quantitative estimate of drug-likeness (QED) is 0.882. The molecule has 4 rings (SSSR count). The number of hydrogen-bond donors (Lipinski definition) is 1. The van der Waals surface area contributed by atoms with Gasteiger partial charge in [-0.15, -0.1) is 0 Å². The number of nitrogens with one attached hydrogen (secondary N) is 1. The first-order chi connectivity index (χ1) is 12.3. The number of ketones is 1. The SMILES string of the molecule is Cc1ccc(S(=O)(=O)N2C[C@H]3C(=O)Cc4ccccc4N[C@@]3(C)C2)cc1. The zero-order valence-corrected chi connectivity index (χ0v) is 15.7. The molecule has 0 radical (unpaired) electrons. The van der Waals surface area contributed by atoms with Gasteiger partial charge in [0, 0.05) is 25.2 Å². The third kappa shape index (κ3) is 2.73. The van der Waals surface area contributed by atoms with Crippen molar-refractivity contribution in [2.75, 3.05) is 18.4 Å². The van der Waals surface area contributed by atoms with Crippen LogP contribution in [-0.2, 0) is 21.2 Å². The Bertz CT molecular complexity index is 969. The summed E-state index contributed by atoms with van der Waals surface area (Å²) in [6.07, 6.45) is 0.335. The molecule has 1 saturated heterocycles. The van der Waals surface area contributed by atoms with Crippen LogP contribution in [0.5, 0.6) is 0 Å². The van der Waals surface area contributed by atoms with Gasteiger partial charge in [0.1, 0.15) is 5.78 Å². The van der Waals surface area contributed by atoms with E-state index in [9.17, 15) is 13.2 Å². The van der Waals surface area contributed by atoms with Crippen LogP contribution in [0.4, 0.5) is 5.69 Å². The molecule has 1 N–H and O–H groups in total. The Morgan fingerprint density at radius 3 is 2.54 bits per heavy atom. The van der Waals surface area contributed by atoms with E-state index in [1.807, 2.05) is 38.1 Å². The van der Waals surface area contributed by atoms with E-state index in [0.717, 1.165) is 16.8 Å². The summed E-state index contributed by atoms with van der Waals surface area (Å²) in [5, 5.41) is 3.46. The number of rotatable bonds is 2. The van der Waals surface area contributed by atoms with Gasteiger partial charge >= 0.3 is 0 Å². The maximum atomic E-state index is 13.1. The lowest BCUT2D eigenvalue weighted by Crippen LogP contribution is -2.45. The van der Waals surface area contributed by atoms with Crippen LogP contribution in [0.2, 0.25) is 0 Å². The minimum absolute atomic E-state index is 0.0894. The lowest BCUT2D eigenvalue weighted by Gasteiger charge is -2.30. The van der Waals surface area contributed by atoms with Crippen molar-refractivity contribution in [2.24, 2.45) is 5.92 Å². The first-order valence-electron chi connectivity index (χ1n) is 8.75. The predicted octanol–water partition coefficient (Wildman–Crippen LogP) is 2.61. The standard InChI is InChI=1S/C20H22N2O3S/c1-14-7-9-16(10-8-14)26(24,25)22-12-17-19(23)11-15-5-3-4-6-18(15)21-20(17,2)13-22/h3-10,17,21H,11-13H2,1-2H3/t17-,20-/m0/s1. The Labute approximate surface area is 154 Å². The number of nitrogens with zero attached hydrogens (tertiary/aromatic N) is 1. The van der Waals surface area contributed by atoms with Crippen molar-refractivity contribution >= 4 is 21.5 Å². The summed E-state index contributed by atoms with van der Waals surface area (Å²) in [5.41, 5.74) is 2.29. The highest BCUT2D eigenvalue weighted by atomic mass is 32.2. The second-order valence-electron chi connectivity index (χ2n) is 7.51. The van der Waals surface area contributed by atoms with E-state index in [0.29, 0.717) is 6.42 Å². The highest BCUT2D eigenvalue weighted by Crippen LogP contribution is 2.39. The molecule has 0 amide bonds. The second kappa shape index (κ2) is 5.93. The molecule has 0 aromatic heterocycles. The molecule has 26 heavy (non-hydrogen) atoms. The first-order valence-corrected chi connectivity index (χ1v) is 10.2. The number of anilines is 1. The summed E-state index contributed by atoms with van der Waals surface area (Å²) >= 11 is 0. The first kappa shape index (κ1) is 17.2. The smallest absolute Gasteiger partial charge is 0.243 e. The largest absolute Gasteiger partial charge is 0.378 e. The number of hydrogen-bond acceptors (Lipinski definition) is 4. The van der Waals surface area contributed by atoms with E-state index in [2.05, 4.69) is 5.32 Å². The minimum Gasteiger partial charge on any atom is -0.378 e. The fourth-order valence-electron chi connectivity index (χ4n) is 3.99. The molecule has 0 saturated carbocycles. The number of carbonyl (C=O) groups excluding carboxylic acids is 1. The van der Waals surface area contributed by atoms with Crippen LogP contribution in [0, 0.1) is 12.8 Å². The number of para-hydroxylation sites is 1. The molecule has 0 spiro atoms. The molecule has 1 fully saturated rings. The molecule has 5 nitrogen and oxygen atoms in total. The minimum atomic E-state index is -3.62. The summed E-state index contributed by atoms with van der Waals surface area (Å²) in [4.78, 5) is 13.1. The molecule has 0 bridgehead atoms. The van der Waals surface area contributed by atoms with Crippen LogP contribution in [0.15, 0.2) is 53.4 Å². The van der Waals surface area contributed by atoms with Crippen molar-refractivity contribution in [1.29, 1.82) is 0 Å². The molecule has 0 aliphatic carbocycles. The maximum Gasteiger partial charge on any atom is 0.243 e. The van der Waals surface area contributed by atoms with Crippen LogP contribution in [0.25, 0.3) is 0 Å². The zero-order chi connectivity index (χ0) is 18.5. The number of Topliss-reactive ketones (excluding diaryl/α,β-unsaturated/α-hetero) is 1. The van der Waals surface area contributed by atoms with Gasteiger partial charge in [-0.05, 0) is 37.6 Å². The number of aryl methyl sites for hydroxylation is 1. The van der Waals surface area contributed by atoms with Crippen LogP contribution >= 0.6 is 0 Å². The molecule has 2 atom stereocenters. The van der Waals surface area contributed by atoms with Gasteiger partial charge in [-0.3, -0.25) is 4.79 Å². The van der Waals surface area contributed by atoms with Crippen molar-refractivity contribution in [3.63, 3.8) is 0 Å². The normalized spacial score (nSPS) is 25.9. The van der Waals surface area contributed by atoms with E-state index >= 15 is 0 Å². The number of carbonyl (C=O) groups is 1. The highest BCUT2D eigenvalue weighted by Gasteiger charge is 2.51. The Kier molecular flexibility index (Phi) is 3.93. The summed E-state index contributed by atoms with van der Waals surface area (Å²) < 4.78 is 27.6. The van der Waals surface area contributed by atoms with Crippen molar-refractivity contribution in [3.8, 4) is 0 Å². The van der Waals surface area contributed by atoms with Crippen molar-refractivity contribution < 1.29 is 13.2 Å². The van der Waals surface area contributed by atoms with Gasteiger partial charge in [0.2, 0.25) is 10.0 Å². The number of sulfonamides is 1. The van der Waals surface area contributed by atoms with Gasteiger partial charge in [-0.1, -0.05) is 35.9 Å². The Morgan fingerprint density at radius 1 is 1.12 bits per heavy atom. The van der Waals surface area contributed by atoms with Gasteiger partial charge in [0.25, 0.3) is 0 Å². The van der Waals surface area contributed by atoms with Crippen LogP contribution < -0.4 is 5.32 Å². The molecule has 2 heterocycles. The summed E-state index contributed by atoms with van der Waals surface area (Å²) in [5.74, 6) is -0.276. The molecule has 2 aromatic rings. The maximum absolute atomic E-state index is 13.1. The lowest BCUT2D eigenvalue weighted by molar-refractivity contribution is -0.122.